The van der Waals surface area contributed by atoms with E-state index in [0.717, 1.165) is 40.0 Å². The smallest absolute Gasteiger partial charge is 0.265 e. The van der Waals surface area contributed by atoms with E-state index in [0.29, 0.717) is 6.54 Å². The van der Waals surface area contributed by atoms with Gasteiger partial charge in [0.2, 0.25) is 5.91 Å². The summed E-state index contributed by atoms with van der Waals surface area (Å²) in [4.78, 5) is 35.9. The van der Waals surface area contributed by atoms with E-state index in [1.165, 1.54) is 18.3 Å². The number of thiazole rings is 2. The minimum absolute atomic E-state index is 0.0495. The van der Waals surface area contributed by atoms with Gasteiger partial charge in [-0.2, -0.15) is 0 Å². The van der Waals surface area contributed by atoms with Crippen LogP contribution in [-0.2, 0) is 4.79 Å². The number of amides is 2. The number of likely N-dealkylation sites (tertiary alicyclic amines) is 1. The molecule has 2 unspecified atom stereocenters. The molecule has 134 valence electrons. The van der Waals surface area contributed by atoms with Crippen LogP contribution in [0, 0.1) is 19.8 Å². The molecule has 1 N–H and O–H groups in total. The van der Waals surface area contributed by atoms with Gasteiger partial charge in [-0.1, -0.05) is 0 Å². The van der Waals surface area contributed by atoms with Gasteiger partial charge >= 0.3 is 0 Å². The van der Waals surface area contributed by atoms with Gasteiger partial charge in [-0.3, -0.25) is 9.59 Å². The second-order valence-electron chi connectivity index (χ2n) is 6.35. The molecule has 2 aromatic heterocycles. The Morgan fingerprint density at radius 3 is 2.80 bits per heavy atom. The normalized spacial score (nSPS) is 18.8. The minimum Gasteiger partial charge on any atom is -0.347 e. The van der Waals surface area contributed by atoms with Crippen molar-refractivity contribution in [3.05, 3.63) is 32.2 Å². The Morgan fingerprint density at radius 1 is 1.40 bits per heavy atom. The van der Waals surface area contributed by atoms with Crippen molar-refractivity contribution in [1.82, 2.24) is 20.2 Å². The van der Waals surface area contributed by atoms with Crippen LogP contribution in [0.25, 0.3) is 0 Å². The fourth-order valence-electron chi connectivity index (χ4n) is 3.33. The van der Waals surface area contributed by atoms with Gasteiger partial charge < -0.3 is 10.2 Å². The van der Waals surface area contributed by atoms with E-state index >= 15 is 0 Å². The highest BCUT2D eigenvalue weighted by molar-refractivity contribution is 7.13. The number of piperidine rings is 1. The van der Waals surface area contributed by atoms with Crippen LogP contribution in [0.5, 0.6) is 0 Å². The number of carbonyl (C=O) groups is 2. The molecule has 3 heterocycles. The lowest BCUT2D eigenvalue weighted by atomic mass is 9.90. The molecule has 0 aliphatic carbocycles. The summed E-state index contributed by atoms with van der Waals surface area (Å²) in [5.41, 5.74) is 0.799. The monoisotopic (exact) mass is 378 g/mol. The predicted octanol–water partition coefficient (Wildman–Crippen LogP) is 2.95. The quantitative estimate of drug-likeness (QED) is 0.887. The SMILES string of the molecule is CC(=O)NC(c1nccs1)C1CCCN(C(=O)c2sc(C)nc2C)C1. The van der Waals surface area contributed by atoms with E-state index in [1.54, 1.807) is 17.5 Å². The van der Waals surface area contributed by atoms with Crippen LogP contribution >= 0.6 is 22.7 Å². The summed E-state index contributed by atoms with van der Waals surface area (Å²) in [6.45, 7) is 6.70. The molecule has 1 fully saturated rings. The summed E-state index contributed by atoms with van der Waals surface area (Å²) >= 11 is 2.99. The Balaban J connectivity index is 1.78. The molecular weight excluding hydrogens is 356 g/mol. The zero-order valence-corrected chi connectivity index (χ0v) is 16.2. The Hall–Kier alpha value is -1.80. The first-order chi connectivity index (χ1) is 12.0. The lowest BCUT2D eigenvalue weighted by molar-refractivity contribution is -0.120. The van der Waals surface area contributed by atoms with E-state index in [9.17, 15) is 9.59 Å². The predicted molar refractivity (Wildman–Crippen MR) is 98.9 cm³/mol. The second-order valence-corrected chi connectivity index (χ2v) is 8.48. The molecule has 3 rings (SSSR count). The molecule has 1 aliphatic heterocycles. The van der Waals surface area contributed by atoms with E-state index in [2.05, 4.69) is 15.3 Å². The lowest BCUT2D eigenvalue weighted by Gasteiger charge is -2.36. The largest absolute Gasteiger partial charge is 0.347 e. The second kappa shape index (κ2) is 7.61. The molecule has 2 aromatic rings. The Kier molecular flexibility index (Phi) is 5.48. The topological polar surface area (TPSA) is 75.2 Å². The van der Waals surface area contributed by atoms with Crippen molar-refractivity contribution in [2.75, 3.05) is 13.1 Å². The van der Waals surface area contributed by atoms with E-state index in [-0.39, 0.29) is 23.8 Å². The third kappa shape index (κ3) is 4.07. The molecule has 8 heteroatoms. The standard InChI is InChI=1S/C17H22N4O2S2/c1-10-15(25-12(3)19-10)17(23)21-7-4-5-13(9-21)14(20-11(2)22)16-18-6-8-24-16/h6,8,13-14H,4-5,7,9H2,1-3H3,(H,20,22). The highest BCUT2D eigenvalue weighted by Crippen LogP contribution is 2.32. The average molecular weight is 379 g/mol. The number of hydrogen-bond acceptors (Lipinski definition) is 6. The molecule has 0 bridgehead atoms. The van der Waals surface area contributed by atoms with Crippen LogP contribution in [-0.4, -0.2) is 39.8 Å². The molecular formula is C17H22N4O2S2. The van der Waals surface area contributed by atoms with Gasteiger partial charge in [0.25, 0.3) is 5.91 Å². The third-order valence-corrected chi connectivity index (χ3v) is 6.31. The number of hydrogen-bond donors (Lipinski definition) is 1. The summed E-state index contributed by atoms with van der Waals surface area (Å²) in [6, 6.07) is -0.141. The maximum Gasteiger partial charge on any atom is 0.265 e. The van der Waals surface area contributed by atoms with Crippen LogP contribution in [0.3, 0.4) is 0 Å². The van der Waals surface area contributed by atoms with Crippen LogP contribution in [0.1, 0.15) is 51.2 Å². The molecule has 25 heavy (non-hydrogen) atoms. The van der Waals surface area contributed by atoms with Crippen molar-refractivity contribution in [2.24, 2.45) is 5.92 Å². The molecule has 6 nitrogen and oxygen atoms in total. The van der Waals surface area contributed by atoms with E-state index in [4.69, 9.17) is 0 Å². The Bertz CT molecular complexity index is 757. The van der Waals surface area contributed by atoms with E-state index < -0.39 is 0 Å². The highest BCUT2D eigenvalue weighted by atomic mass is 32.1. The fourth-order valence-corrected chi connectivity index (χ4v) is 5.00. The van der Waals surface area contributed by atoms with E-state index in [1.807, 2.05) is 24.1 Å². The maximum atomic E-state index is 12.9. The number of aryl methyl sites for hydroxylation is 2. The van der Waals surface area contributed by atoms with Crippen molar-refractivity contribution in [1.29, 1.82) is 0 Å². The molecule has 2 atom stereocenters. The average Bonchev–Trinajstić information content (AvgIpc) is 3.21. The molecule has 0 radical (unpaired) electrons. The summed E-state index contributed by atoms with van der Waals surface area (Å²) in [6.07, 6.45) is 3.65. The molecule has 0 aromatic carbocycles. The van der Waals surface area contributed by atoms with Crippen molar-refractivity contribution in [2.45, 2.75) is 39.7 Å². The highest BCUT2D eigenvalue weighted by Gasteiger charge is 2.33. The van der Waals surface area contributed by atoms with Crippen LogP contribution in [0.2, 0.25) is 0 Å². The Labute approximate surface area is 155 Å². The van der Waals surface area contributed by atoms with Gasteiger partial charge in [-0.15, -0.1) is 22.7 Å². The van der Waals surface area contributed by atoms with Gasteiger partial charge in [0, 0.05) is 37.5 Å². The van der Waals surface area contributed by atoms with Gasteiger partial charge in [-0.05, 0) is 26.7 Å². The Morgan fingerprint density at radius 2 is 2.20 bits per heavy atom. The first-order valence-electron chi connectivity index (χ1n) is 8.35. The molecule has 0 saturated carbocycles. The zero-order valence-electron chi connectivity index (χ0n) is 14.6. The summed E-state index contributed by atoms with van der Waals surface area (Å²) in [5.74, 6) is 0.146. The van der Waals surface area contributed by atoms with Crippen molar-refractivity contribution in [3.63, 3.8) is 0 Å². The molecule has 2 amide bonds. The number of carbonyl (C=O) groups excluding carboxylic acids is 2. The van der Waals surface area contributed by atoms with Crippen LogP contribution < -0.4 is 5.32 Å². The third-order valence-electron chi connectivity index (χ3n) is 4.39. The molecule has 0 spiro atoms. The van der Waals surface area contributed by atoms with Gasteiger partial charge in [-0.25, -0.2) is 9.97 Å². The summed E-state index contributed by atoms with van der Waals surface area (Å²) < 4.78 is 0. The van der Waals surface area contributed by atoms with Crippen LogP contribution in [0.15, 0.2) is 11.6 Å². The summed E-state index contributed by atoms with van der Waals surface area (Å²) in [7, 11) is 0. The first kappa shape index (κ1) is 18.0. The van der Waals surface area contributed by atoms with Gasteiger partial charge in [0.1, 0.15) is 9.88 Å². The van der Waals surface area contributed by atoms with Gasteiger partial charge in [0.05, 0.1) is 16.7 Å². The number of nitrogens with zero attached hydrogens (tertiary/aromatic N) is 3. The fraction of sp³-hybridized carbons (Fsp3) is 0.529. The zero-order chi connectivity index (χ0) is 18.0. The maximum absolute atomic E-state index is 12.9. The lowest BCUT2D eigenvalue weighted by Crippen LogP contribution is -2.45. The number of rotatable bonds is 4. The van der Waals surface area contributed by atoms with Gasteiger partial charge in [0.15, 0.2) is 0 Å². The number of aromatic nitrogens is 2. The first-order valence-corrected chi connectivity index (χ1v) is 10.0. The molecule has 1 saturated heterocycles. The van der Waals surface area contributed by atoms with Crippen molar-refractivity contribution >= 4 is 34.5 Å². The van der Waals surface area contributed by atoms with Crippen molar-refractivity contribution < 1.29 is 9.59 Å². The number of nitrogens with one attached hydrogen (secondary N) is 1. The summed E-state index contributed by atoms with van der Waals surface area (Å²) in [5, 5.41) is 6.76. The van der Waals surface area contributed by atoms with Crippen molar-refractivity contribution in [3.8, 4) is 0 Å². The van der Waals surface area contributed by atoms with Crippen LogP contribution in [0.4, 0.5) is 0 Å². The minimum atomic E-state index is -0.141. The molecule has 1 aliphatic rings.